The van der Waals surface area contributed by atoms with Gasteiger partial charge in [-0.3, -0.25) is 14.5 Å². The quantitative estimate of drug-likeness (QED) is 0.484. The first-order chi connectivity index (χ1) is 15.4. The van der Waals surface area contributed by atoms with Crippen LogP contribution in [-0.2, 0) is 13.1 Å². The molecule has 1 amide bonds. The Morgan fingerprint density at radius 2 is 2.06 bits per heavy atom. The molecule has 0 unspecified atom stereocenters. The summed E-state index contributed by atoms with van der Waals surface area (Å²) in [4.78, 5) is 21.6. The minimum atomic E-state index is -0.389. The van der Waals surface area contributed by atoms with E-state index in [2.05, 4.69) is 20.4 Å². The lowest BCUT2D eigenvalue weighted by Gasteiger charge is -2.13. The molecule has 0 aliphatic heterocycles. The summed E-state index contributed by atoms with van der Waals surface area (Å²) in [6.45, 7) is 4.34. The van der Waals surface area contributed by atoms with E-state index in [9.17, 15) is 10.1 Å². The molecule has 4 aromatic rings. The number of nitriles is 1. The van der Waals surface area contributed by atoms with E-state index in [1.165, 1.54) is 10.9 Å². The first-order valence-electron chi connectivity index (χ1n) is 9.86. The molecule has 3 N–H and O–H groups in total. The smallest absolute Gasteiger partial charge is 0.271 e. The van der Waals surface area contributed by atoms with Gasteiger partial charge >= 0.3 is 0 Å². The van der Waals surface area contributed by atoms with E-state index in [-0.39, 0.29) is 23.7 Å². The Labute approximate surface area is 189 Å². The van der Waals surface area contributed by atoms with Crippen molar-refractivity contribution in [3.05, 3.63) is 81.4 Å². The van der Waals surface area contributed by atoms with Gasteiger partial charge in [0.05, 0.1) is 23.3 Å². The zero-order chi connectivity index (χ0) is 22.8. The maximum Gasteiger partial charge on any atom is 0.271 e. The molecule has 0 bridgehead atoms. The number of nitrogen functional groups attached to an aromatic ring is 1. The van der Waals surface area contributed by atoms with Gasteiger partial charge in [-0.2, -0.15) is 10.4 Å². The van der Waals surface area contributed by atoms with Crippen LogP contribution in [-0.4, -0.2) is 25.7 Å². The van der Waals surface area contributed by atoms with E-state index in [1.54, 1.807) is 12.3 Å². The van der Waals surface area contributed by atoms with Crippen LogP contribution in [0, 0.1) is 25.2 Å². The van der Waals surface area contributed by atoms with E-state index < -0.39 is 0 Å². The number of rotatable bonds is 5. The van der Waals surface area contributed by atoms with Gasteiger partial charge in [0.25, 0.3) is 5.91 Å². The van der Waals surface area contributed by atoms with Gasteiger partial charge in [0.15, 0.2) is 0 Å². The fourth-order valence-corrected chi connectivity index (χ4v) is 3.83. The molecule has 8 nitrogen and oxygen atoms in total. The Bertz CT molecular complexity index is 1360. The maximum absolute atomic E-state index is 13.0. The van der Waals surface area contributed by atoms with Crippen LogP contribution in [0.3, 0.4) is 0 Å². The van der Waals surface area contributed by atoms with Crippen molar-refractivity contribution >= 4 is 34.2 Å². The number of nitrogens with zero attached hydrogens (tertiary/aromatic N) is 5. The van der Waals surface area contributed by atoms with Gasteiger partial charge in [-0.25, -0.2) is 4.98 Å². The number of hydrogen-bond donors (Lipinski definition) is 2. The Hall–Kier alpha value is -3.96. The number of fused-ring (bicyclic) bond motifs is 1. The van der Waals surface area contributed by atoms with Crippen molar-refractivity contribution in [2.45, 2.75) is 26.9 Å². The van der Waals surface area contributed by atoms with Crippen molar-refractivity contribution in [2.75, 3.05) is 5.73 Å². The van der Waals surface area contributed by atoms with Gasteiger partial charge in [-0.1, -0.05) is 17.7 Å². The standard InChI is InChI=1S/C23H20ClN7O/c1-13-5-21(26)30-14(2)19(13)11-28-23(32)22-17(8-25)9-29-31(22)12-15-3-4-20-16(6-15)7-18(24)10-27-20/h3-7,9-10H,11-12H2,1-2H3,(H2,26,30)(H,28,32). The zero-order valence-electron chi connectivity index (χ0n) is 17.6. The SMILES string of the molecule is Cc1cc(N)nc(C)c1CNC(=O)c1c(C#N)cnn1Cc1ccc2ncc(Cl)cc2c1. The number of halogens is 1. The highest BCUT2D eigenvalue weighted by molar-refractivity contribution is 6.31. The van der Waals surface area contributed by atoms with Crippen LogP contribution in [0.2, 0.25) is 5.02 Å². The van der Waals surface area contributed by atoms with Crippen molar-refractivity contribution in [3.63, 3.8) is 0 Å². The molecule has 0 fully saturated rings. The number of benzene rings is 1. The van der Waals surface area contributed by atoms with Crippen LogP contribution < -0.4 is 11.1 Å². The van der Waals surface area contributed by atoms with Gasteiger partial charge < -0.3 is 11.1 Å². The average molecular weight is 446 g/mol. The second-order valence-corrected chi connectivity index (χ2v) is 7.90. The molecule has 0 spiro atoms. The molecule has 9 heteroatoms. The van der Waals surface area contributed by atoms with Crippen molar-refractivity contribution < 1.29 is 4.79 Å². The second kappa shape index (κ2) is 8.65. The molecular weight excluding hydrogens is 426 g/mol. The highest BCUT2D eigenvalue weighted by atomic mass is 35.5. The van der Waals surface area contributed by atoms with Crippen molar-refractivity contribution in [3.8, 4) is 6.07 Å². The third-order valence-electron chi connectivity index (χ3n) is 5.22. The Balaban J connectivity index is 1.59. The molecule has 0 saturated heterocycles. The van der Waals surface area contributed by atoms with E-state index in [0.29, 0.717) is 17.4 Å². The largest absolute Gasteiger partial charge is 0.384 e. The Morgan fingerprint density at radius 3 is 2.81 bits per heavy atom. The fraction of sp³-hybridized carbons (Fsp3) is 0.174. The summed E-state index contributed by atoms with van der Waals surface area (Å²) >= 11 is 6.06. The number of amides is 1. The number of anilines is 1. The van der Waals surface area contributed by atoms with Crippen molar-refractivity contribution in [2.24, 2.45) is 0 Å². The number of pyridine rings is 2. The topological polar surface area (TPSA) is 123 Å². The van der Waals surface area contributed by atoms with Crippen LogP contribution in [0.5, 0.6) is 0 Å². The van der Waals surface area contributed by atoms with Crippen molar-refractivity contribution in [1.29, 1.82) is 5.26 Å². The zero-order valence-corrected chi connectivity index (χ0v) is 18.3. The molecule has 0 aliphatic carbocycles. The normalized spacial score (nSPS) is 10.8. The number of carbonyl (C=O) groups excluding carboxylic acids is 1. The van der Waals surface area contributed by atoms with Gasteiger partial charge in [0, 0.05) is 23.8 Å². The predicted octanol–water partition coefficient (Wildman–Crippen LogP) is 3.53. The molecule has 3 aromatic heterocycles. The summed E-state index contributed by atoms with van der Waals surface area (Å²) in [6.07, 6.45) is 2.99. The summed E-state index contributed by atoms with van der Waals surface area (Å²) in [5.41, 5.74) is 10.5. The van der Waals surface area contributed by atoms with E-state index >= 15 is 0 Å². The lowest BCUT2D eigenvalue weighted by molar-refractivity contribution is 0.0940. The average Bonchev–Trinajstić information content (AvgIpc) is 3.15. The summed E-state index contributed by atoms with van der Waals surface area (Å²) in [5, 5.41) is 18.1. The van der Waals surface area contributed by atoms with Crippen LogP contribution >= 0.6 is 11.6 Å². The highest BCUT2D eigenvalue weighted by Crippen LogP contribution is 2.20. The molecule has 0 aliphatic rings. The Kier molecular flexibility index (Phi) is 5.75. The summed E-state index contributed by atoms with van der Waals surface area (Å²) in [5.74, 6) is 0.0481. The first-order valence-corrected chi connectivity index (χ1v) is 10.2. The van der Waals surface area contributed by atoms with Gasteiger partial charge in [-0.05, 0) is 54.8 Å². The van der Waals surface area contributed by atoms with Crippen molar-refractivity contribution in [1.82, 2.24) is 25.1 Å². The van der Waals surface area contributed by atoms with Crippen LogP contribution in [0.4, 0.5) is 5.82 Å². The van der Waals surface area contributed by atoms with E-state index in [0.717, 1.165) is 33.3 Å². The molecular formula is C23H20ClN7O. The number of nitrogens with two attached hydrogens (primary N) is 1. The summed E-state index contributed by atoms with van der Waals surface area (Å²) < 4.78 is 1.52. The second-order valence-electron chi connectivity index (χ2n) is 7.47. The monoisotopic (exact) mass is 445 g/mol. The van der Waals surface area contributed by atoms with E-state index in [1.807, 2.05) is 44.2 Å². The molecule has 1 aromatic carbocycles. The number of carbonyl (C=O) groups is 1. The third kappa shape index (κ3) is 4.24. The number of aryl methyl sites for hydroxylation is 2. The third-order valence-corrected chi connectivity index (χ3v) is 5.43. The summed E-state index contributed by atoms with van der Waals surface area (Å²) in [7, 11) is 0. The number of nitrogens with one attached hydrogen (secondary N) is 1. The summed E-state index contributed by atoms with van der Waals surface area (Å²) in [6, 6.07) is 11.4. The predicted molar refractivity (Wildman–Crippen MR) is 122 cm³/mol. The van der Waals surface area contributed by atoms with Crippen LogP contribution in [0.15, 0.2) is 42.7 Å². The minimum absolute atomic E-state index is 0.204. The first kappa shape index (κ1) is 21.3. The number of aromatic nitrogens is 4. The van der Waals surface area contributed by atoms with Gasteiger partial charge in [0.2, 0.25) is 0 Å². The van der Waals surface area contributed by atoms with Gasteiger partial charge in [0.1, 0.15) is 23.1 Å². The van der Waals surface area contributed by atoms with E-state index in [4.69, 9.17) is 17.3 Å². The van der Waals surface area contributed by atoms with Crippen LogP contribution in [0.25, 0.3) is 10.9 Å². The molecule has 4 rings (SSSR count). The maximum atomic E-state index is 13.0. The highest BCUT2D eigenvalue weighted by Gasteiger charge is 2.19. The molecule has 0 atom stereocenters. The molecule has 3 heterocycles. The minimum Gasteiger partial charge on any atom is -0.384 e. The molecule has 0 saturated carbocycles. The molecule has 0 radical (unpaired) electrons. The van der Waals surface area contributed by atoms with Crippen LogP contribution in [0.1, 0.15) is 38.4 Å². The number of hydrogen-bond acceptors (Lipinski definition) is 6. The lowest BCUT2D eigenvalue weighted by Crippen LogP contribution is -2.27. The Morgan fingerprint density at radius 1 is 1.25 bits per heavy atom. The van der Waals surface area contributed by atoms with Gasteiger partial charge in [-0.15, -0.1) is 0 Å². The molecule has 160 valence electrons. The molecule has 32 heavy (non-hydrogen) atoms. The lowest BCUT2D eigenvalue weighted by atomic mass is 10.1. The fourth-order valence-electron chi connectivity index (χ4n) is 3.66.